The fraction of sp³-hybridized carbons (Fsp3) is 0. The molecule has 0 atom stereocenters. The Bertz CT molecular complexity index is 533. The van der Waals surface area contributed by atoms with Gasteiger partial charge in [-0.05, 0) is 17.7 Å². The van der Waals surface area contributed by atoms with Crippen LogP contribution in [-0.2, 0) is 4.79 Å². The summed E-state index contributed by atoms with van der Waals surface area (Å²) in [7, 11) is 0. The maximum atomic E-state index is 11.4. The Morgan fingerprint density at radius 2 is 1.88 bits per heavy atom. The molecule has 0 unspecified atom stereocenters. The first-order valence-corrected chi connectivity index (χ1v) is 5.24. The maximum Gasteiger partial charge on any atom is 0.249 e. The van der Waals surface area contributed by atoms with E-state index in [1.807, 2.05) is 36.4 Å². The molecular weight excluding hydrogens is 212 g/mol. The first-order valence-electron chi connectivity index (χ1n) is 5.24. The van der Waals surface area contributed by atoms with Gasteiger partial charge in [0.25, 0.3) is 0 Å². The van der Waals surface area contributed by atoms with Crippen molar-refractivity contribution in [3.05, 3.63) is 66.0 Å². The molecule has 0 aliphatic heterocycles. The van der Waals surface area contributed by atoms with Crippen molar-refractivity contribution in [2.45, 2.75) is 0 Å². The molecule has 3 heteroatoms. The molecular formula is C14H12N2O. The number of primary amides is 1. The first kappa shape index (κ1) is 11.1. The molecule has 0 saturated heterocycles. The summed E-state index contributed by atoms with van der Waals surface area (Å²) >= 11 is 0. The smallest absolute Gasteiger partial charge is 0.249 e. The number of hydrogen-bond donors (Lipinski definition) is 1. The van der Waals surface area contributed by atoms with Crippen LogP contribution < -0.4 is 5.73 Å². The Balaban J connectivity index is 2.44. The minimum absolute atomic E-state index is 0.457. The number of carbonyl (C=O) groups is 1. The monoisotopic (exact) mass is 224 g/mol. The molecule has 2 N–H and O–H groups in total. The zero-order valence-corrected chi connectivity index (χ0v) is 9.21. The number of nitrogens with zero attached hydrogens (tertiary/aromatic N) is 1. The predicted octanol–water partition coefficient (Wildman–Crippen LogP) is 2.11. The van der Waals surface area contributed by atoms with E-state index in [2.05, 4.69) is 4.98 Å². The molecule has 1 aromatic carbocycles. The van der Waals surface area contributed by atoms with Gasteiger partial charge in [-0.1, -0.05) is 36.4 Å². The van der Waals surface area contributed by atoms with Gasteiger partial charge in [-0.2, -0.15) is 0 Å². The van der Waals surface area contributed by atoms with Crippen LogP contribution in [0.15, 0.2) is 54.9 Å². The van der Waals surface area contributed by atoms with Crippen LogP contribution in [0.3, 0.4) is 0 Å². The van der Waals surface area contributed by atoms with Crippen molar-refractivity contribution in [3.8, 4) is 0 Å². The van der Waals surface area contributed by atoms with Gasteiger partial charge in [-0.3, -0.25) is 9.78 Å². The second-order valence-corrected chi connectivity index (χ2v) is 3.57. The molecule has 1 aromatic heterocycles. The van der Waals surface area contributed by atoms with Crippen molar-refractivity contribution in [1.29, 1.82) is 0 Å². The van der Waals surface area contributed by atoms with E-state index in [1.54, 1.807) is 24.5 Å². The molecule has 84 valence electrons. The van der Waals surface area contributed by atoms with Gasteiger partial charge in [0, 0.05) is 23.5 Å². The Morgan fingerprint density at radius 1 is 1.12 bits per heavy atom. The summed E-state index contributed by atoms with van der Waals surface area (Å²) in [5.41, 5.74) is 7.51. The minimum Gasteiger partial charge on any atom is -0.366 e. The van der Waals surface area contributed by atoms with Crippen molar-refractivity contribution >= 4 is 17.6 Å². The Hall–Kier alpha value is -2.42. The second-order valence-electron chi connectivity index (χ2n) is 3.57. The fourth-order valence-corrected chi connectivity index (χ4v) is 1.53. The quantitative estimate of drug-likeness (QED) is 0.812. The summed E-state index contributed by atoms with van der Waals surface area (Å²) in [4.78, 5) is 15.4. The van der Waals surface area contributed by atoms with E-state index in [9.17, 15) is 4.79 Å². The van der Waals surface area contributed by atoms with E-state index in [1.165, 1.54) is 0 Å². The van der Waals surface area contributed by atoms with E-state index in [0.29, 0.717) is 5.57 Å². The van der Waals surface area contributed by atoms with Crippen LogP contribution in [0.25, 0.3) is 11.6 Å². The van der Waals surface area contributed by atoms with E-state index < -0.39 is 5.91 Å². The Labute approximate surface area is 99.6 Å². The SMILES string of the molecule is NC(=O)/C(=C\c1ccccc1)c1cccnc1. The third-order valence-corrected chi connectivity index (χ3v) is 2.35. The Kier molecular flexibility index (Phi) is 3.31. The standard InChI is InChI=1S/C14H12N2O/c15-14(17)13(12-7-4-8-16-10-12)9-11-5-2-1-3-6-11/h1-10H,(H2,15,17)/b13-9-. The van der Waals surface area contributed by atoms with Crippen molar-refractivity contribution < 1.29 is 4.79 Å². The maximum absolute atomic E-state index is 11.4. The number of rotatable bonds is 3. The van der Waals surface area contributed by atoms with Crippen molar-refractivity contribution in [2.24, 2.45) is 5.73 Å². The number of aromatic nitrogens is 1. The molecule has 17 heavy (non-hydrogen) atoms. The van der Waals surface area contributed by atoms with E-state index in [0.717, 1.165) is 11.1 Å². The zero-order valence-electron chi connectivity index (χ0n) is 9.21. The van der Waals surface area contributed by atoms with Gasteiger partial charge in [0.05, 0.1) is 0 Å². The number of nitrogens with two attached hydrogens (primary N) is 1. The number of carbonyl (C=O) groups excluding carboxylic acids is 1. The summed E-state index contributed by atoms with van der Waals surface area (Å²) < 4.78 is 0. The normalized spacial score (nSPS) is 11.2. The van der Waals surface area contributed by atoms with Gasteiger partial charge in [0.15, 0.2) is 0 Å². The molecule has 0 saturated carbocycles. The highest BCUT2D eigenvalue weighted by molar-refractivity contribution is 6.23. The molecule has 0 radical (unpaired) electrons. The molecule has 2 rings (SSSR count). The lowest BCUT2D eigenvalue weighted by Crippen LogP contribution is -2.12. The van der Waals surface area contributed by atoms with E-state index in [-0.39, 0.29) is 0 Å². The molecule has 0 aliphatic rings. The summed E-state index contributed by atoms with van der Waals surface area (Å²) in [6, 6.07) is 13.2. The van der Waals surface area contributed by atoms with Gasteiger partial charge in [0.1, 0.15) is 0 Å². The summed E-state index contributed by atoms with van der Waals surface area (Å²) in [6.45, 7) is 0. The van der Waals surface area contributed by atoms with Crippen molar-refractivity contribution in [2.75, 3.05) is 0 Å². The first-order chi connectivity index (χ1) is 8.27. The third kappa shape index (κ3) is 2.78. The number of amides is 1. The van der Waals surface area contributed by atoms with Crippen LogP contribution in [0.1, 0.15) is 11.1 Å². The summed E-state index contributed by atoms with van der Waals surface area (Å²) in [6.07, 6.45) is 5.05. The lowest BCUT2D eigenvalue weighted by Gasteiger charge is -2.03. The van der Waals surface area contributed by atoms with Crippen LogP contribution in [-0.4, -0.2) is 10.9 Å². The molecule has 1 heterocycles. The highest BCUT2D eigenvalue weighted by atomic mass is 16.1. The van der Waals surface area contributed by atoms with Crippen LogP contribution >= 0.6 is 0 Å². The zero-order chi connectivity index (χ0) is 12.1. The lowest BCUT2D eigenvalue weighted by molar-refractivity contribution is -0.112. The number of hydrogen-bond acceptors (Lipinski definition) is 2. The molecule has 0 spiro atoms. The summed E-state index contributed by atoms with van der Waals surface area (Å²) in [5.74, 6) is -0.457. The predicted molar refractivity (Wildman–Crippen MR) is 67.7 cm³/mol. The van der Waals surface area contributed by atoms with Crippen molar-refractivity contribution in [3.63, 3.8) is 0 Å². The molecule has 2 aromatic rings. The van der Waals surface area contributed by atoms with E-state index >= 15 is 0 Å². The average Bonchev–Trinajstić information content (AvgIpc) is 2.38. The molecule has 0 aliphatic carbocycles. The van der Waals surface area contributed by atoms with Crippen LogP contribution in [0.2, 0.25) is 0 Å². The van der Waals surface area contributed by atoms with Gasteiger partial charge >= 0.3 is 0 Å². The molecule has 0 fully saturated rings. The Morgan fingerprint density at radius 3 is 2.47 bits per heavy atom. The largest absolute Gasteiger partial charge is 0.366 e. The fourth-order valence-electron chi connectivity index (χ4n) is 1.53. The van der Waals surface area contributed by atoms with Gasteiger partial charge in [-0.15, -0.1) is 0 Å². The van der Waals surface area contributed by atoms with Crippen LogP contribution in [0.4, 0.5) is 0 Å². The van der Waals surface area contributed by atoms with E-state index in [4.69, 9.17) is 5.73 Å². The highest BCUT2D eigenvalue weighted by Crippen LogP contribution is 2.16. The van der Waals surface area contributed by atoms with Crippen LogP contribution in [0, 0.1) is 0 Å². The molecule has 1 amide bonds. The molecule has 0 bridgehead atoms. The minimum atomic E-state index is -0.457. The van der Waals surface area contributed by atoms with Crippen molar-refractivity contribution in [1.82, 2.24) is 4.98 Å². The third-order valence-electron chi connectivity index (χ3n) is 2.35. The van der Waals surface area contributed by atoms with Gasteiger partial charge < -0.3 is 5.73 Å². The number of benzene rings is 1. The lowest BCUT2D eigenvalue weighted by atomic mass is 10.0. The summed E-state index contributed by atoms with van der Waals surface area (Å²) in [5, 5.41) is 0. The molecule has 3 nitrogen and oxygen atoms in total. The van der Waals surface area contributed by atoms with Gasteiger partial charge in [-0.25, -0.2) is 0 Å². The highest BCUT2D eigenvalue weighted by Gasteiger charge is 2.07. The second kappa shape index (κ2) is 5.07. The van der Waals surface area contributed by atoms with Gasteiger partial charge in [0.2, 0.25) is 5.91 Å². The number of pyridine rings is 1. The van der Waals surface area contributed by atoms with Crippen LogP contribution in [0.5, 0.6) is 0 Å². The average molecular weight is 224 g/mol. The topological polar surface area (TPSA) is 56.0 Å².